The Balaban J connectivity index is 2.54. The molecule has 0 amide bonds. The van der Waals surface area contributed by atoms with Crippen molar-refractivity contribution in [1.29, 1.82) is 0 Å². The number of halogens is 2. The molecule has 2 aromatic rings. The van der Waals surface area contributed by atoms with Crippen LogP contribution in [0.5, 0.6) is 0 Å². The van der Waals surface area contributed by atoms with E-state index in [1.54, 1.807) is 12.1 Å². The smallest absolute Gasteiger partial charge is 0.191 e. The molecule has 0 N–H and O–H groups in total. The first-order valence-corrected chi connectivity index (χ1v) is 4.80. The number of aromatic nitrogens is 3. The lowest BCUT2D eigenvalue weighted by atomic mass is 10.3. The topological polar surface area (TPSA) is 52.7 Å². The third kappa shape index (κ3) is 2.34. The van der Waals surface area contributed by atoms with Crippen molar-refractivity contribution in [3.8, 4) is 11.4 Å². The molecule has 0 aliphatic heterocycles. The standard InChI is InChI=1S/C9H5Cl2N3O/c10-7-4-8(11)13-9(12-7)6-2-1-3-14(15)5-6/h1-5H. The Bertz CT molecular complexity index is 484. The Morgan fingerprint density at radius 1 is 1.20 bits per heavy atom. The van der Waals surface area contributed by atoms with E-state index in [0.29, 0.717) is 16.1 Å². The number of rotatable bonds is 1. The second-order valence-corrected chi connectivity index (χ2v) is 3.56. The van der Waals surface area contributed by atoms with Crippen molar-refractivity contribution in [2.24, 2.45) is 0 Å². The van der Waals surface area contributed by atoms with Crippen LogP contribution in [0.25, 0.3) is 11.4 Å². The molecular weight excluding hydrogens is 237 g/mol. The first-order chi connectivity index (χ1) is 7.15. The highest BCUT2D eigenvalue weighted by Crippen LogP contribution is 2.18. The van der Waals surface area contributed by atoms with Gasteiger partial charge in [-0.15, -0.1) is 0 Å². The van der Waals surface area contributed by atoms with Gasteiger partial charge in [-0.05, 0) is 6.07 Å². The Morgan fingerprint density at radius 2 is 1.87 bits per heavy atom. The van der Waals surface area contributed by atoms with E-state index in [1.807, 2.05) is 0 Å². The normalized spacial score (nSPS) is 10.3. The Kier molecular flexibility index (Phi) is 2.70. The van der Waals surface area contributed by atoms with Crippen molar-refractivity contribution < 1.29 is 4.73 Å². The van der Waals surface area contributed by atoms with Gasteiger partial charge >= 0.3 is 0 Å². The number of hydrogen-bond acceptors (Lipinski definition) is 3. The Hall–Kier alpha value is -1.39. The molecule has 15 heavy (non-hydrogen) atoms. The van der Waals surface area contributed by atoms with E-state index < -0.39 is 0 Å². The van der Waals surface area contributed by atoms with Crippen molar-refractivity contribution in [2.75, 3.05) is 0 Å². The van der Waals surface area contributed by atoms with Crippen molar-refractivity contribution in [3.05, 3.63) is 46.1 Å². The lowest BCUT2D eigenvalue weighted by Crippen LogP contribution is -2.24. The van der Waals surface area contributed by atoms with Crippen LogP contribution in [0, 0.1) is 5.21 Å². The van der Waals surface area contributed by atoms with E-state index in [2.05, 4.69) is 9.97 Å². The van der Waals surface area contributed by atoms with Crippen LogP contribution < -0.4 is 4.73 Å². The summed E-state index contributed by atoms with van der Waals surface area (Å²) in [6, 6.07) is 4.73. The largest absolute Gasteiger partial charge is 0.619 e. The predicted molar refractivity (Wildman–Crippen MR) is 56.4 cm³/mol. The average molecular weight is 242 g/mol. The minimum absolute atomic E-state index is 0.242. The van der Waals surface area contributed by atoms with Gasteiger partial charge in [0.15, 0.2) is 18.2 Å². The summed E-state index contributed by atoms with van der Waals surface area (Å²) < 4.78 is 0.660. The zero-order valence-electron chi connectivity index (χ0n) is 7.39. The molecule has 0 aliphatic carbocycles. The summed E-state index contributed by atoms with van der Waals surface area (Å²) >= 11 is 11.4. The molecule has 0 saturated carbocycles. The summed E-state index contributed by atoms with van der Waals surface area (Å²) in [5.74, 6) is 0.331. The van der Waals surface area contributed by atoms with Gasteiger partial charge in [0.1, 0.15) is 10.3 Å². The first kappa shape index (κ1) is 10.1. The van der Waals surface area contributed by atoms with Gasteiger partial charge < -0.3 is 5.21 Å². The summed E-state index contributed by atoms with van der Waals surface area (Å²) in [6.07, 6.45) is 2.72. The number of nitrogens with zero attached hydrogens (tertiary/aromatic N) is 3. The highest BCUT2D eigenvalue weighted by Gasteiger charge is 2.07. The van der Waals surface area contributed by atoms with Crippen LogP contribution in [-0.4, -0.2) is 9.97 Å². The molecule has 0 aromatic carbocycles. The predicted octanol–water partition coefficient (Wildman–Crippen LogP) is 2.08. The van der Waals surface area contributed by atoms with Gasteiger partial charge in [0, 0.05) is 12.1 Å². The first-order valence-electron chi connectivity index (χ1n) is 4.04. The molecule has 0 fully saturated rings. The molecule has 4 nitrogen and oxygen atoms in total. The van der Waals surface area contributed by atoms with E-state index >= 15 is 0 Å². The summed E-state index contributed by atoms with van der Waals surface area (Å²) in [5, 5.41) is 11.5. The van der Waals surface area contributed by atoms with Crippen LogP contribution in [0.4, 0.5) is 0 Å². The van der Waals surface area contributed by atoms with Crippen LogP contribution in [-0.2, 0) is 0 Å². The summed E-state index contributed by atoms with van der Waals surface area (Å²) in [4.78, 5) is 7.93. The van der Waals surface area contributed by atoms with E-state index in [4.69, 9.17) is 23.2 Å². The third-order valence-corrected chi connectivity index (χ3v) is 2.08. The maximum Gasteiger partial charge on any atom is 0.191 e. The van der Waals surface area contributed by atoms with Crippen LogP contribution in [0.2, 0.25) is 10.3 Å². The fraction of sp³-hybridized carbons (Fsp3) is 0. The van der Waals surface area contributed by atoms with Gasteiger partial charge in [-0.3, -0.25) is 0 Å². The minimum atomic E-state index is 0.242. The fourth-order valence-electron chi connectivity index (χ4n) is 1.11. The molecule has 6 heteroatoms. The highest BCUT2D eigenvalue weighted by molar-refractivity contribution is 6.33. The molecule has 2 aromatic heterocycles. The average Bonchev–Trinajstić information content (AvgIpc) is 2.16. The molecule has 0 bridgehead atoms. The van der Waals surface area contributed by atoms with Crippen LogP contribution in [0.15, 0.2) is 30.6 Å². The number of hydrogen-bond donors (Lipinski definition) is 0. The number of pyridine rings is 1. The molecule has 0 atom stereocenters. The zero-order chi connectivity index (χ0) is 10.8. The summed E-state index contributed by atoms with van der Waals surface area (Å²) in [7, 11) is 0. The third-order valence-electron chi connectivity index (χ3n) is 1.70. The lowest BCUT2D eigenvalue weighted by molar-refractivity contribution is -0.604. The van der Waals surface area contributed by atoms with Crippen molar-refractivity contribution in [1.82, 2.24) is 9.97 Å². The van der Waals surface area contributed by atoms with E-state index in [1.165, 1.54) is 18.5 Å². The molecule has 0 saturated heterocycles. The quantitative estimate of drug-likeness (QED) is 0.437. The van der Waals surface area contributed by atoms with Crippen molar-refractivity contribution in [3.63, 3.8) is 0 Å². The second kappa shape index (κ2) is 4.00. The fourth-order valence-corrected chi connectivity index (χ4v) is 1.53. The maximum atomic E-state index is 11.0. The van der Waals surface area contributed by atoms with Crippen LogP contribution in [0.1, 0.15) is 0 Å². The van der Waals surface area contributed by atoms with Gasteiger partial charge in [-0.25, -0.2) is 9.97 Å². The van der Waals surface area contributed by atoms with E-state index in [9.17, 15) is 5.21 Å². The van der Waals surface area contributed by atoms with Gasteiger partial charge in [0.25, 0.3) is 0 Å². The molecule has 2 heterocycles. The molecular formula is C9H5Cl2N3O. The van der Waals surface area contributed by atoms with Gasteiger partial charge in [0.2, 0.25) is 0 Å². The van der Waals surface area contributed by atoms with Crippen molar-refractivity contribution >= 4 is 23.2 Å². The molecule has 0 aliphatic rings. The van der Waals surface area contributed by atoms with Crippen molar-refractivity contribution in [2.45, 2.75) is 0 Å². The molecule has 2 rings (SSSR count). The van der Waals surface area contributed by atoms with Gasteiger partial charge in [-0.2, -0.15) is 4.73 Å². The summed E-state index contributed by atoms with van der Waals surface area (Å²) in [5.41, 5.74) is 0.567. The van der Waals surface area contributed by atoms with Crippen LogP contribution >= 0.6 is 23.2 Å². The SMILES string of the molecule is [O-][n+]1cccc(-c2nc(Cl)cc(Cl)n2)c1. The Labute approximate surface area is 95.7 Å². The lowest BCUT2D eigenvalue weighted by Gasteiger charge is -2.01. The molecule has 0 radical (unpaired) electrons. The monoisotopic (exact) mass is 241 g/mol. The summed E-state index contributed by atoms with van der Waals surface area (Å²) in [6.45, 7) is 0. The van der Waals surface area contributed by atoms with E-state index in [0.717, 1.165) is 0 Å². The van der Waals surface area contributed by atoms with E-state index in [-0.39, 0.29) is 10.3 Å². The Morgan fingerprint density at radius 3 is 2.47 bits per heavy atom. The zero-order valence-corrected chi connectivity index (χ0v) is 8.90. The highest BCUT2D eigenvalue weighted by atomic mass is 35.5. The van der Waals surface area contributed by atoms with Gasteiger partial charge in [0.05, 0.1) is 5.56 Å². The second-order valence-electron chi connectivity index (χ2n) is 2.79. The molecule has 76 valence electrons. The van der Waals surface area contributed by atoms with Crippen LogP contribution in [0.3, 0.4) is 0 Å². The van der Waals surface area contributed by atoms with Gasteiger partial charge in [-0.1, -0.05) is 23.2 Å². The molecule has 0 spiro atoms. The minimum Gasteiger partial charge on any atom is -0.619 e. The maximum absolute atomic E-state index is 11.0. The molecule has 0 unspecified atom stereocenters.